The van der Waals surface area contributed by atoms with Crippen LogP contribution in [0.15, 0.2) is 59.1 Å². The number of rotatable bonds is 3. The Bertz CT molecular complexity index is 753. The molecule has 1 heterocycles. The number of halogens is 1. The molecule has 2 nitrogen and oxygen atoms in total. The molecular weight excluding hydrogens is 312 g/mol. The van der Waals surface area contributed by atoms with Gasteiger partial charge in [0.1, 0.15) is 5.82 Å². The van der Waals surface area contributed by atoms with Gasteiger partial charge in [-0.2, -0.15) is 0 Å². The van der Waals surface area contributed by atoms with Crippen molar-refractivity contribution in [2.24, 2.45) is 0 Å². The predicted octanol–water partition coefficient (Wildman–Crippen LogP) is 4.92. The SMILES string of the molecule is Cc1nc(NCc2ccc3ccccc3c2)ccc1Br. The van der Waals surface area contributed by atoms with Crippen molar-refractivity contribution in [3.63, 3.8) is 0 Å². The standard InChI is InChI=1S/C17H15BrN2/c1-12-16(18)8-9-17(20-12)19-11-13-6-7-14-4-2-3-5-15(14)10-13/h2-10H,11H2,1H3,(H,19,20). The van der Waals surface area contributed by atoms with Gasteiger partial charge in [-0.1, -0.05) is 36.4 Å². The number of fused-ring (bicyclic) bond motifs is 1. The van der Waals surface area contributed by atoms with Crippen LogP contribution in [0, 0.1) is 6.92 Å². The highest BCUT2D eigenvalue weighted by Crippen LogP contribution is 2.18. The van der Waals surface area contributed by atoms with E-state index in [1.54, 1.807) is 0 Å². The quantitative estimate of drug-likeness (QED) is 0.739. The minimum atomic E-state index is 0.777. The summed E-state index contributed by atoms with van der Waals surface area (Å²) in [4.78, 5) is 4.49. The van der Waals surface area contributed by atoms with E-state index in [4.69, 9.17) is 0 Å². The minimum Gasteiger partial charge on any atom is -0.366 e. The minimum absolute atomic E-state index is 0.777. The average molecular weight is 327 g/mol. The molecule has 0 amide bonds. The van der Waals surface area contributed by atoms with Crippen molar-refractivity contribution in [1.82, 2.24) is 4.98 Å². The van der Waals surface area contributed by atoms with Crippen LogP contribution in [0.5, 0.6) is 0 Å². The first-order valence-corrected chi connectivity index (χ1v) is 7.36. The Balaban J connectivity index is 1.77. The molecule has 1 N–H and O–H groups in total. The van der Waals surface area contributed by atoms with Crippen LogP contribution in [0.1, 0.15) is 11.3 Å². The Morgan fingerprint density at radius 3 is 2.60 bits per heavy atom. The highest BCUT2D eigenvalue weighted by molar-refractivity contribution is 9.10. The summed E-state index contributed by atoms with van der Waals surface area (Å²) in [6, 6.07) is 18.9. The van der Waals surface area contributed by atoms with Crippen LogP contribution in [-0.2, 0) is 6.54 Å². The van der Waals surface area contributed by atoms with E-state index in [0.717, 1.165) is 22.5 Å². The molecule has 0 saturated carbocycles. The maximum atomic E-state index is 4.49. The molecule has 0 aliphatic heterocycles. The third-order valence-corrected chi connectivity index (χ3v) is 4.15. The van der Waals surface area contributed by atoms with Crippen molar-refractivity contribution in [3.05, 3.63) is 70.3 Å². The van der Waals surface area contributed by atoms with Crippen LogP contribution in [0.2, 0.25) is 0 Å². The van der Waals surface area contributed by atoms with Gasteiger partial charge in [-0.15, -0.1) is 0 Å². The normalized spacial score (nSPS) is 10.7. The zero-order chi connectivity index (χ0) is 13.9. The second kappa shape index (κ2) is 5.63. The summed E-state index contributed by atoms with van der Waals surface area (Å²) >= 11 is 3.46. The number of benzene rings is 2. The second-order valence-corrected chi connectivity index (χ2v) is 5.65. The van der Waals surface area contributed by atoms with Crippen LogP contribution in [0.4, 0.5) is 5.82 Å². The zero-order valence-electron chi connectivity index (χ0n) is 11.2. The summed E-state index contributed by atoms with van der Waals surface area (Å²) in [5.74, 6) is 0.902. The van der Waals surface area contributed by atoms with Crippen LogP contribution in [0.3, 0.4) is 0 Å². The van der Waals surface area contributed by atoms with E-state index >= 15 is 0 Å². The average Bonchev–Trinajstić information content (AvgIpc) is 2.48. The number of anilines is 1. The highest BCUT2D eigenvalue weighted by atomic mass is 79.9. The Morgan fingerprint density at radius 2 is 1.80 bits per heavy atom. The third-order valence-electron chi connectivity index (χ3n) is 3.31. The monoisotopic (exact) mass is 326 g/mol. The fourth-order valence-electron chi connectivity index (χ4n) is 2.18. The fourth-order valence-corrected chi connectivity index (χ4v) is 2.40. The lowest BCUT2D eigenvalue weighted by atomic mass is 10.1. The second-order valence-electron chi connectivity index (χ2n) is 4.80. The Morgan fingerprint density at radius 1 is 1.00 bits per heavy atom. The molecule has 20 heavy (non-hydrogen) atoms. The summed E-state index contributed by atoms with van der Waals surface area (Å²) in [5, 5.41) is 5.90. The molecule has 3 rings (SSSR count). The van der Waals surface area contributed by atoms with Gasteiger partial charge in [-0.3, -0.25) is 0 Å². The van der Waals surface area contributed by atoms with Gasteiger partial charge in [0.2, 0.25) is 0 Å². The topological polar surface area (TPSA) is 24.9 Å². The lowest BCUT2D eigenvalue weighted by Gasteiger charge is -2.08. The lowest BCUT2D eigenvalue weighted by Crippen LogP contribution is -2.02. The predicted molar refractivity (Wildman–Crippen MR) is 87.9 cm³/mol. The molecule has 100 valence electrons. The summed E-state index contributed by atoms with van der Waals surface area (Å²) in [6.07, 6.45) is 0. The van der Waals surface area contributed by atoms with E-state index in [-0.39, 0.29) is 0 Å². The number of hydrogen-bond donors (Lipinski definition) is 1. The summed E-state index contributed by atoms with van der Waals surface area (Å²) in [7, 11) is 0. The molecule has 0 fully saturated rings. The maximum Gasteiger partial charge on any atom is 0.126 e. The lowest BCUT2D eigenvalue weighted by molar-refractivity contribution is 1.09. The number of pyridine rings is 1. The molecule has 0 saturated heterocycles. The van der Waals surface area contributed by atoms with E-state index in [1.807, 2.05) is 19.1 Å². The molecule has 3 aromatic rings. The van der Waals surface area contributed by atoms with Crippen LogP contribution >= 0.6 is 15.9 Å². The van der Waals surface area contributed by atoms with Gasteiger partial charge < -0.3 is 5.32 Å². The summed E-state index contributed by atoms with van der Waals surface area (Å²) < 4.78 is 1.04. The van der Waals surface area contributed by atoms with Crippen molar-refractivity contribution < 1.29 is 0 Å². The molecular formula is C17H15BrN2. The number of nitrogens with zero attached hydrogens (tertiary/aromatic N) is 1. The Labute approximate surface area is 127 Å². The zero-order valence-corrected chi connectivity index (χ0v) is 12.8. The molecule has 0 aliphatic carbocycles. The van der Waals surface area contributed by atoms with Gasteiger partial charge >= 0.3 is 0 Å². The third kappa shape index (κ3) is 2.83. The number of aryl methyl sites for hydroxylation is 1. The van der Waals surface area contributed by atoms with Gasteiger partial charge in [0.15, 0.2) is 0 Å². The Hall–Kier alpha value is -1.87. The van der Waals surface area contributed by atoms with Crippen molar-refractivity contribution in [2.45, 2.75) is 13.5 Å². The first-order chi connectivity index (χ1) is 9.72. The summed E-state index contributed by atoms with van der Waals surface area (Å²) in [6.45, 7) is 2.77. The highest BCUT2D eigenvalue weighted by Gasteiger charge is 2.00. The first-order valence-electron chi connectivity index (χ1n) is 6.57. The van der Waals surface area contributed by atoms with Crippen molar-refractivity contribution in [2.75, 3.05) is 5.32 Å². The van der Waals surface area contributed by atoms with Crippen molar-refractivity contribution >= 4 is 32.5 Å². The number of aromatic nitrogens is 1. The van der Waals surface area contributed by atoms with E-state index in [0.29, 0.717) is 0 Å². The van der Waals surface area contributed by atoms with Gasteiger partial charge in [0.25, 0.3) is 0 Å². The Kier molecular flexibility index (Phi) is 3.70. The number of hydrogen-bond acceptors (Lipinski definition) is 2. The molecule has 0 spiro atoms. The fraction of sp³-hybridized carbons (Fsp3) is 0.118. The molecule has 0 atom stereocenters. The van der Waals surface area contributed by atoms with E-state index < -0.39 is 0 Å². The van der Waals surface area contributed by atoms with E-state index in [1.165, 1.54) is 16.3 Å². The molecule has 1 aromatic heterocycles. The van der Waals surface area contributed by atoms with E-state index in [9.17, 15) is 0 Å². The van der Waals surface area contributed by atoms with Gasteiger partial charge in [0, 0.05) is 11.0 Å². The molecule has 0 unspecified atom stereocenters. The molecule has 0 aliphatic rings. The van der Waals surface area contributed by atoms with Crippen molar-refractivity contribution in [3.8, 4) is 0 Å². The smallest absolute Gasteiger partial charge is 0.126 e. The largest absolute Gasteiger partial charge is 0.366 e. The van der Waals surface area contributed by atoms with Crippen molar-refractivity contribution in [1.29, 1.82) is 0 Å². The van der Waals surface area contributed by atoms with Gasteiger partial charge in [0.05, 0.1) is 5.69 Å². The summed E-state index contributed by atoms with van der Waals surface area (Å²) in [5.41, 5.74) is 2.25. The first kappa shape index (κ1) is 13.1. The van der Waals surface area contributed by atoms with Crippen LogP contribution in [-0.4, -0.2) is 4.98 Å². The molecule has 0 bridgehead atoms. The molecule has 0 radical (unpaired) electrons. The maximum absolute atomic E-state index is 4.49. The number of nitrogens with one attached hydrogen (secondary N) is 1. The molecule has 2 aromatic carbocycles. The van der Waals surface area contributed by atoms with E-state index in [2.05, 4.69) is 68.7 Å². The van der Waals surface area contributed by atoms with Gasteiger partial charge in [-0.05, 0) is 57.4 Å². The van der Waals surface area contributed by atoms with Crippen LogP contribution < -0.4 is 5.32 Å². The molecule has 3 heteroatoms. The van der Waals surface area contributed by atoms with Gasteiger partial charge in [-0.25, -0.2) is 4.98 Å². The van der Waals surface area contributed by atoms with Crippen LogP contribution in [0.25, 0.3) is 10.8 Å².